The maximum Gasteiger partial charge on any atom is 0.410 e. The summed E-state index contributed by atoms with van der Waals surface area (Å²) < 4.78 is 23.4. The molecule has 1 fully saturated rings. The maximum atomic E-state index is 15.3. The third-order valence-corrected chi connectivity index (χ3v) is 14.8. The average molecular weight is 504 g/mol. The number of anilines is 1. The lowest BCUT2D eigenvalue weighted by atomic mass is 10.0. The first-order valence-corrected chi connectivity index (χ1v) is 15.4. The second kappa shape index (κ2) is 10.2. The molecule has 0 aliphatic carbocycles. The summed E-state index contributed by atoms with van der Waals surface area (Å²) in [7, 11) is -0.137. The van der Waals surface area contributed by atoms with Gasteiger partial charge in [-0.15, -0.1) is 0 Å². The molecule has 3 rings (SSSR count). The summed E-state index contributed by atoms with van der Waals surface area (Å²) >= 11 is 0. The molecular formula is C28H46FN3O2Si. The molecule has 0 saturated carbocycles. The first-order valence-electron chi connectivity index (χ1n) is 13.2. The van der Waals surface area contributed by atoms with E-state index in [4.69, 9.17) is 4.74 Å². The molecule has 1 aliphatic heterocycles. The van der Waals surface area contributed by atoms with Crippen molar-refractivity contribution in [3.05, 3.63) is 30.2 Å². The summed E-state index contributed by atoms with van der Waals surface area (Å²) in [6.07, 6.45) is 3.51. The number of piperidine rings is 1. The van der Waals surface area contributed by atoms with Crippen molar-refractivity contribution in [2.24, 2.45) is 0 Å². The molecule has 0 unspecified atom stereocenters. The van der Waals surface area contributed by atoms with Gasteiger partial charge in [0.2, 0.25) is 0 Å². The topological polar surface area (TPSA) is 37.7 Å². The van der Waals surface area contributed by atoms with Crippen molar-refractivity contribution >= 4 is 30.9 Å². The molecule has 5 nitrogen and oxygen atoms in total. The quantitative estimate of drug-likeness (QED) is 0.380. The van der Waals surface area contributed by atoms with Crippen molar-refractivity contribution in [3.63, 3.8) is 0 Å². The molecular weight excluding hydrogens is 457 g/mol. The van der Waals surface area contributed by atoms with Crippen LogP contribution in [-0.4, -0.2) is 55.2 Å². The number of benzene rings is 1. The van der Waals surface area contributed by atoms with E-state index < -0.39 is 13.8 Å². The van der Waals surface area contributed by atoms with Gasteiger partial charge in [0.25, 0.3) is 0 Å². The van der Waals surface area contributed by atoms with Gasteiger partial charge >= 0.3 is 6.09 Å². The molecule has 196 valence electrons. The highest BCUT2D eigenvalue weighted by Crippen LogP contribution is 2.45. The summed E-state index contributed by atoms with van der Waals surface area (Å²) in [5.41, 5.74) is 3.02. The van der Waals surface area contributed by atoms with Gasteiger partial charge in [-0.1, -0.05) is 41.5 Å². The molecule has 0 radical (unpaired) electrons. The van der Waals surface area contributed by atoms with E-state index in [2.05, 4.69) is 62.9 Å². The Hall–Kier alpha value is -2.02. The van der Waals surface area contributed by atoms with Crippen LogP contribution in [0.3, 0.4) is 0 Å². The summed E-state index contributed by atoms with van der Waals surface area (Å²) in [6, 6.07) is 5.84. The van der Waals surface area contributed by atoms with Crippen LogP contribution in [0.2, 0.25) is 16.6 Å². The van der Waals surface area contributed by atoms with Crippen LogP contribution in [0, 0.1) is 5.82 Å². The zero-order valence-electron chi connectivity index (χ0n) is 23.5. The number of amides is 1. The van der Waals surface area contributed by atoms with Gasteiger partial charge in [0.05, 0.1) is 5.69 Å². The van der Waals surface area contributed by atoms with Gasteiger partial charge in [-0.2, -0.15) is 0 Å². The van der Waals surface area contributed by atoms with Gasteiger partial charge in [-0.25, -0.2) is 9.18 Å². The van der Waals surface area contributed by atoms with Crippen LogP contribution in [0.25, 0.3) is 10.9 Å². The van der Waals surface area contributed by atoms with E-state index in [-0.39, 0.29) is 18.0 Å². The minimum absolute atomic E-state index is 0.0934. The van der Waals surface area contributed by atoms with E-state index >= 15 is 4.39 Å². The van der Waals surface area contributed by atoms with Gasteiger partial charge in [0.15, 0.2) is 8.24 Å². The number of hydrogen-bond acceptors (Lipinski definition) is 3. The molecule has 2 aromatic rings. The van der Waals surface area contributed by atoms with Crippen molar-refractivity contribution < 1.29 is 13.9 Å². The zero-order chi connectivity index (χ0) is 26.3. The average Bonchev–Trinajstić information content (AvgIpc) is 3.16. The third kappa shape index (κ3) is 5.11. The Morgan fingerprint density at radius 1 is 1.03 bits per heavy atom. The number of halogens is 1. The normalized spacial score (nSPS) is 16.1. The molecule has 0 bridgehead atoms. The summed E-state index contributed by atoms with van der Waals surface area (Å²) in [5.74, 6) is -0.167. The zero-order valence-corrected chi connectivity index (χ0v) is 24.5. The first-order chi connectivity index (χ1) is 16.2. The van der Waals surface area contributed by atoms with Crippen molar-refractivity contribution in [2.75, 3.05) is 25.0 Å². The number of carbonyl (C=O) groups is 1. The van der Waals surface area contributed by atoms with E-state index in [0.29, 0.717) is 35.4 Å². The van der Waals surface area contributed by atoms with Gasteiger partial charge < -0.3 is 18.8 Å². The largest absolute Gasteiger partial charge is 0.444 e. The Bertz CT molecular complexity index is 1010. The number of ether oxygens (including phenoxy) is 1. The molecule has 0 N–H and O–H groups in total. The number of rotatable bonds is 6. The molecule has 7 heteroatoms. The maximum absolute atomic E-state index is 15.3. The molecule has 1 aromatic heterocycles. The SMILES string of the molecule is CC(C)[Si](C(C)C)(C(C)C)n1ccc2c(N3CCC(N(C)C(=O)OC(C)(C)C)CC3)c(F)ccc21. The molecule has 1 aliphatic rings. The smallest absolute Gasteiger partial charge is 0.410 e. The van der Waals surface area contributed by atoms with E-state index in [1.54, 1.807) is 11.0 Å². The second-order valence-corrected chi connectivity index (χ2v) is 17.9. The van der Waals surface area contributed by atoms with Crippen LogP contribution in [0.1, 0.15) is 75.2 Å². The van der Waals surface area contributed by atoms with Crippen molar-refractivity contribution in [1.29, 1.82) is 0 Å². The van der Waals surface area contributed by atoms with E-state index in [0.717, 1.165) is 23.7 Å². The predicted molar refractivity (Wildman–Crippen MR) is 148 cm³/mol. The predicted octanol–water partition coefficient (Wildman–Crippen LogP) is 7.64. The summed E-state index contributed by atoms with van der Waals surface area (Å²) in [4.78, 5) is 16.4. The fourth-order valence-electron chi connectivity index (χ4n) is 6.63. The highest BCUT2D eigenvalue weighted by molar-refractivity contribution is 6.82. The number of carbonyl (C=O) groups excluding carboxylic acids is 1. The number of hydrogen-bond donors (Lipinski definition) is 0. The van der Waals surface area contributed by atoms with Gasteiger partial charge in [-0.05, 0) is 74.6 Å². The van der Waals surface area contributed by atoms with Crippen LogP contribution < -0.4 is 4.90 Å². The molecule has 0 spiro atoms. The Balaban J connectivity index is 1.91. The van der Waals surface area contributed by atoms with Gasteiger partial charge in [0.1, 0.15) is 11.4 Å². The van der Waals surface area contributed by atoms with E-state index in [1.165, 1.54) is 0 Å². The fourth-order valence-corrected chi connectivity index (χ4v) is 13.2. The lowest BCUT2D eigenvalue weighted by molar-refractivity contribution is 0.0201. The lowest BCUT2D eigenvalue weighted by Gasteiger charge is -2.44. The standard InChI is InChI=1S/C28H46FN3O2Si/c1-19(2)35(20(3)4,21(5)6)32-18-15-23-25(32)12-11-24(29)26(23)31-16-13-22(14-17-31)30(10)27(33)34-28(7,8)9/h11-12,15,18-22H,13-14,16-17H2,1-10H3. The van der Waals surface area contributed by atoms with Crippen LogP contribution in [0.5, 0.6) is 0 Å². The van der Waals surface area contributed by atoms with E-state index in [1.807, 2.05) is 33.9 Å². The Morgan fingerprint density at radius 2 is 1.57 bits per heavy atom. The van der Waals surface area contributed by atoms with Crippen molar-refractivity contribution in [3.8, 4) is 0 Å². The number of nitrogens with zero attached hydrogens (tertiary/aromatic N) is 3. The fraction of sp³-hybridized carbons (Fsp3) is 0.679. The number of fused-ring (bicyclic) bond motifs is 1. The second-order valence-electron chi connectivity index (χ2n) is 12.2. The van der Waals surface area contributed by atoms with Crippen LogP contribution in [-0.2, 0) is 4.74 Å². The minimum atomic E-state index is -1.95. The minimum Gasteiger partial charge on any atom is -0.444 e. The first kappa shape index (κ1) is 27.6. The molecule has 1 aromatic carbocycles. The van der Waals surface area contributed by atoms with Gasteiger partial charge in [-0.3, -0.25) is 0 Å². The van der Waals surface area contributed by atoms with Crippen molar-refractivity contribution in [2.45, 2.75) is 103 Å². The van der Waals surface area contributed by atoms with Crippen LogP contribution in [0.4, 0.5) is 14.9 Å². The monoisotopic (exact) mass is 503 g/mol. The Morgan fingerprint density at radius 3 is 2.06 bits per heavy atom. The Kier molecular flexibility index (Phi) is 7.99. The molecule has 1 saturated heterocycles. The third-order valence-electron chi connectivity index (χ3n) is 8.00. The highest BCUT2D eigenvalue weighted by atomic mass is 28.3. The van der Waals surface area contributed by atoms with Crippen molar-refractivity contribution in [1.82, 2.24) is 9.13 Å². The van der Waals surface area contributed by atoms with Crippen LogP contribution in [0.15, 0.2) is 24.4 Å². The van der Waals surface area contributed by atoms with Gasteiger partial charge in [0, 0.05) is 37.1 Å². The lowest BCUT2D eigenvalue weighted by Crippen LogP contribution is -2.51. The van der Waals surface area contributed by atoms with Crippen LogP contribution >= 0.6 is 0 Å². The highest BCUT2D eigenvalue weighted by Gasteiger charge is 2.46. The number of aromatic nitrogens is 1. The summed E-state index contributed by atoms with van der Waals surface area (Å²) in [6.45, 7) is 21.2. The molecule has 0 atom stereocenters. The van der Waals surface area contributed by atoms with E-state index in [9.17, 15) is 4.79 Å². The summed E-state index contributed by atoms with van der Waals surface area (Å²) in [5, 5.41) is 1.00. The Labute approximate surface area is 212 Å². The molecule has 1 amide bonds. The molecule has 35 heavy (non-hydrogen) atoms. The molecule has 2 heterocycles.